The Morgan fingerprint density at radius 2 is 1.97 bits per heavy atom. The number of likely N-dealkylation sites (tertiary alicyclic amines) is 1. The number of benzene rings is 1. The molecular formula is C27H37N3O5. The molecule has 1 aromatic heterocycles. The minimum atomic E-state index is -0.369. The standard InChI is InChI=1S/C27H37N3O5/c1-19(2)34-23-9-8-21(15-20(23)3)26(31)29-13-10-27(11-14-29)18-30(16-22(35-27)17-32-4)25-24(33-5)7-6-12-28-25/h6-9,12,15,19,22H,10-11,13-14,16-18H2,1-5H3. The number of aromatic nitrogens is 1. The lowest BCUT2D eigenvalue weighted by Gasteiger charge is -2.50. The maximum absolute atomic E-state index is 13.3. The van der Waals surface area contributed by atoms with E-state index in [0.717, 1.165) is 35.7 Å². The summed E-state index contributed by atoms with van der Waals surface area (Å²) in [5.41, 5.74) is 1.29. The monoisotopic (exact) mass is 483 g/mol. The van der Waals surface area contributed by atoms with E-state index < -0.39 is 0 Å². The summed E-state index contributed by atoms with van der Waals surface area (Å²) in [6.45, 7) is 9.12. The Balaban J connectivity index is 1.47. The lowest BCUT2D eigenvalue weighted by Crippen LogP contribution is -2.61. The first kappa shape index (κ1) is 25.3. The lowest BCUT2D eigenvalue weighted by atomic mass is 9.88. The van der Waals surface area contributed by atoms with Crippen LogP contribution in [0.2, 0.25) is 0 Å². The van der Waals surface area contributed by atoms with Gasteiger partial charge >= 0.3 is 0 Å². The van der Waals surface area contributed by atoms with Crippen molar-refractivity contribution < 1.29 is 23.7 Å². The molecule has 0 aliphatic carbocycles. The summed E-state index contributed by atoms with van der Waals surface area (Å²) in [5.74, 6) is 2.43. The van der Waals surface area contributed by atoms with Crippen LogP contribution in [-0.4, -0.2) is 80.6 Å². The third-order valence-corrected chi connectivity index (χ3v) is 6.69. The highest BCUT2D eigenvalue weighted by atomic mass is 16.5. The number of carbonyl (C=O) groups is 1. The van der Waals surface area contributed by atoms with Gasteiger partial charge in [0.05, 0.1) is 31.5 Å². The molecule has 1 spiro atoms. The normalized spacial score (nSPS) is 19.8. The zero-order valence-electron chi connectivity index (χ0n) is 21.5. The number of methoxy groups -OCH3 is 2. The fourth-order valence-corrected chi connectivity index (χ4v) is 5.04. The van der Waals surface area contributed by atoms with E-state index >= 15 is 0 Å². The molecule has 2 aromatic rings. The molecule has 1 atom stereocenters. The van der Waals surface area contributed by atoms with Crippen LogP contribution in [0.3, 0.4) is 0 Å². The molecule has 0 radical (unpaired) electrons. The number of piperidine rings is 1. The van der Waals surface area contributed by atoms with Gasteiger partial charge in [-0.15, -0.1) is 0 Å². The lowest BCUT2D eigenvalue weighted by molar-refractivity contribution is -0.145. The molecule has 35 heavy (non-hydrogen) atoms. The average Bonchev–Trinajstić information content (AvgIpc) is 2.85. The van der Waals surface area contributed by atoms with Crippen molar-refractivity contribution in [3.05, 3.63) is 47.7 Å². The second-order valence-corrected chi connectivity index (χ2v) is 9.73. The molecule has 1 amide bonds. The Bertz CT molecular complexity index is 1020. The third kappa shape index (κ3) is 5.70. The van der Waals surface area contributed by atoms with Crippen LogP contribution in [0.1, 0.15) is 42.6 Å². The van der Waals surface area contributed by atoms with Gasteiger partial charge < -0.3 is 28.7 Å². The SMILES string of the molecule is COCC1CN(c2ncccc2OC)CC2(CCN(C(=O)c3ccc(OC(C)C)c(C)c3)CC2)O1. The summed E-state index contributed by atoms with van der Waals surface area (Å²) in [7, 11) is 3.35. The number of pyridine rings is 1. The van der Waals surface area contributed by atoms with Crippen molar-refractivity contribution >= 4 is 11.7 Å². The van der Waals surface area contributed by atoms with Gasteiger partial charge in [0.25, 0.3) is 5.91 Å². The van der Waals surface area contributed by atoms with Gasteiger partial charge in [0, 0.05) is 45.0 Å². The van der Waals surface area contributed by atoms with E-state index in [9.17, 15) is 4.79 Å². The highest BCUT2D eigenvalue weighted by Crippen LogP contribution is 2.37. The molecule has 0 N–H and O–H groups in total. The Kier molecular flexibility index (Phi) is 7.82. The molecule has 1 unspecified atom stereocenters. The topological polar surface area (TPSA) is 73.4 Å². The molecule has 1 aromatic carbocycles. The number of carbonyl (C=O) groups excluding carboxylic acids is 1. The van der Waals surface area contributed by atoms with E-state index in [4.69, 9.17) is 18.9 Å². The van der Waals surface area contributed by atoms with E-state index in [2.05, 4.69) is 9.88 Å². The van der Waals surface area contributed by atoms with E-state index in [0.29, 0.717) is 38.3 Å². The summed E-state index contributed by atoms with van der Waals surface area (Å²) < 4.78 is 23.4. The molecule has 3 heterocycles. The van der Waals surface area contributed by atoms with Gasteiger partial charge in [0.1, 0.15) is 5.75 Å². The predicted octanol–water partition coefficient (Wildman–Crippen LogP) is 3.71. The van der Waals surface area contributed by atoms with Crippen LogP contribution in [0.25, 0.3) is 0 Å². The van der Waals surface area contributed by atoms with Crippen LogP contribution in [0, 0.1) is 6.92 Å². The first-order chi connectivity index (χ1) is 16.8. The molecule has 0 saturated carbocycles. The molecule has 2 aliphatic heterocycles. The van der Waals surface area contributed by atoms with Gasteiger partial charge in [-0.3, -0.25) is 4.79 Å². The first-order valence-electron chi connectivity index (χ1n) is 12.3. The molecule has 2 saturated heterocycles. The number of anilines is 1. The highest BCUT2D eigenvalue weighted by Gasteiger charge is 2.44. The smallest absolute Gasteiger partial charge is 0.253 e. The fraction of sp³-hybridized carbons (Fsp3) is 0.556. The van der Waals surface area contributed by atoms with Crippen molar-refractivity contribution in [3.63, 3.8) is 0 Å². The highest BCUT2D eigenvalue weighted by molar-refractivity contribution is 5.94. The average molecular weight is 484 g/mol. The molecule has 190 valence electrons. The summed E-state index contributed by atoms with van der Waals surface area (Å²) in [5, 5.41) is 0. The second-order valence-electron chi connectivity index (χ2n) is 9.73. The zero-order chi connectivity index (χ0) is 25.0. The van der Waals surface area contributed by atoms with Crippen molar-refractivity contribution in [2.45, 2.75) is 51.4 Å². The quantitative estimate of drug-likeness (QED) is 0.594. The van der Waals surface area contributed by atoms with Crippen LogP contribution < -0.4 is 14.4 Å². The van der Waals surface area contributed by atoms with Gasteiger partial charge in [0.2, 0.25) is 0 Å². The van der Waals surface area contributed by atoms with Gasteiger partial charge in [-0.05, 0) is 69.5 Å². The number of hydrogen-bond acceptors (Lipinski definition) is 7. The molecule has 0 bridgehead atoms. The zero-order valence-corrected chi connectivity index (χ0v) is 21.5. The minimum Gasteiger partial charge on any atom is -0.493 e. The number of ether oxygens (including phenoxy) is 4. The Morgan fingerprint density at radius 1 is 1.20 bits per heavy atom. The fourth-order valence-electron chi connectivity index (χ4n) is 5.04. The molecule has 8 heteroatoms. The van der Waals surface area contributed by atoms with Crippen LogP contribution in [0.4, 0.5) is 5.82 Å². The van der Waals surface area contributed by atoms with Gasteiger partial charge in [0.15, 0.2) is 11.6 Å². The van der Waals surface area contributed by atoms with Crippen molar-refractivity contribution in [2.24, 2.45) is 0 Å². The minimum absolute atomic E-state index is 0.0477. The van der Waals surface area contributed by atoms with Crippen molar-refractivity contribution in [1.82, 2.24) is 9.88 Å². The molecule has 4 rings (SSSR count). The summed E-state index contributed by atoms with van der Waals surface area (Å²) in [6, 6.07) is 9.48. The van der Waals surface area contributed by atoms with Crippen LogP contribution in [0.15, 0.2) is 36.5 Å². The number of rotatable bonds is 7. The van der Waals surface area contributed by atoms with Crippen LogP contribution >= 0.6 is 0 Å². The van der Waals surface area contributed by atoms with Gasteiger partial charge in [-0.25, -0.2) is 4.98 Å². The van der Waals surface area contributed by atoms with Gasteiger partial charge in [-0.1, -0.05) is 0 Å². The maximum Gasteiger partial charge on any atom is 0.253 e. The Morgan fingerprint density at radius 3 is 2.63 bits per heavy atom. The number of amides is 1. The largest absolute Gasteiger partial charge is 0.493 e. The second kappa shape index (κ2) is 10.8. The van der Waals surface area contributed by atoms with E-state index in [1.165, 1.54) is 0 Å². The van der Waals surface area contributed by atoms with Crippen LogP contribution in [0.5, 0.6) is 11.5 Å². The number of hydrogen-bond donors (Lipinski definition) is 0. The summed E-state index contributed by atoms with van der Waals surface area (Å²) >= 11 is 0. The molecular weight excluding hydrogens is 446 g/mol. The molecule has 2 fully saturated rings. The van der Waals surface area contributed by atoms with E-state index in [1.807, 2.05) is 56.0 Å². The van der Waals surface area contributed by atoms with Crippen molar-refractivity contribution in [2.75, 3.05) is 51.9 Å². The number of aryl methyl sites for hydroxylation is 1. The number of morpholine rings is 1. The predicted molar refractivity (Wildman–Crippen MR) is 135 cm³/mol. The third-order valence-electron chi connectivity index (χ3n) is 6.69. The Labute approximate surface area is 208 Å². The van der Waals surface area contributed by atoms with E-state index in [1.54, 1.807) is 20.4 Å². The Hall–Kier alpha value is -2.84. The van der Waals surface area contributed by atoms with E-state index in [-0.39, 0.29) is 23.7 Å². The summed E-state index contributed by atoms with van der Waals surface area (Å²) in [4.78, 5) is 22.0. The van der Waals surface area contributed by atoms with Crippen molar-refractivity contribution in [1.29, 1.82) is 0 Å². The molecule has 2 aliphatic rings. The summed E-state index contributed by atoms with van der Waals surface area (Å²) in [6.07, 6.45) is 3.29. The van der Waals surface area contributed by atoms with Crippen LogP contribution in [-0.2, 0) is 9.47 Å². The van der Waals surface area contributed by atoms with Gasteiger partial charge in [-0.2, -0.15) is 0 Å². The van der Waals surface area contributed by atoms with Crippen molar-refractivity contribution in [3.8, 4) is 11.5 Å². The molecule has 8 nitrogen and oxygen atoms in total. The maximum atomic E-state index is 13.3. The number of nitrogens with zero attached hydrogens (tertiary/aromatic N) is 3. The first-order valence-corrected chi connectivity index (χ1v) is 12.3.